The highest BCUT2D eigenvalue weighted by Gasteiger charge is 2.33. The van der Waals surface area contributed by atoms with E-state index in [0.717, 1.165) is 11.2 Å². The maximum Gasteiger partial charge on any atom is 0.407 e. The number of hydrogen-bond acceptors (Lipinski definition) is 5. The van der Waals surface area contributed by atoms with Gasteiger partial charge in [-0.2, -0.15) is 0 Å². The van der Waals surface area contributed by atoms with Gasteiger partial charge in [0.15, 0.2) is 5.65 Å². The Kier molecular flexibility index (Phi) is 6.24. The molecule has 0 aliphatic heterocycles. The molecule has 2 heterocycles. The molecule has 3 atom stereocenters. The van der Waals surface area contributed by atoms with Crippen LogP contribution in [0.2, 0.25) is 0 Å². The fourth-order valence-electron chi connectivity index (χ4n) is 4.20. The first-order chi connectivity index (χ1) is 14.2. The van der Waals surface area contributed by atoms with Crippen molar-refractivity contribution in [1.29, 1.82) is 0 Å². The lowest BCUT2D eigenvalue weighted by atomic mass is 9.81. The zero-order chi connectivity index (χ0) is 23.1. The third kappa shape index (κ3) is 5.47. The number of carbonyl (C=O) groups is 1. The zero-order valence-corrected chi connectivity index (χ0v) is 19.7. The second-order valence-corrected chi connectivity index (χ2v) is 10.9. The van der Waals surface area contributed by atoms with Crippen LogP contribution in [0.3, 0.4) is 0 Å². The molecule has 172 valence electrons. The number of ether oxygens (including phenoxy) is 1. The summed E-state index contributed by atoms with van der Waals surface area (Å²) in [4.78, 5) is 29.7. The lowest BCUT2D eigenvalue weighted by Crippen LogP contribution is -2.43. The van der Waals surface area contributed by atoms with Gasteiger partial charge in [0.05, 0.1) is 11.6 Å². The van der Waals surface area contributed by atoms with E-state index >= 15 is 0 Å². The molecule has 0 aromatic carbocycles. The van der Waals surface area contributed by atoms with Gasteiger partial charge in [0.2, 0.25) is 0 Å². The first-order valence-electron chi connectivity index (χ1n) is 11.0. The second kappa shape index (κ2) is 8.30. The summed E-state index contributed by atoms with van der Waals surface area (Å²) in [6, 6.07) is 3.71. The number of fused-ring (bicyclic) bond motifs is 1. The van der Waals surface area contributed by atoms with Crippen LogP contribution in [-0.2, 0) is 18.3 Å². The van der Waals surface area contributed by atoms with E-state index in [4.69, 9.17) is 9.72 Å². The number of rotatable bonds is 3. The number of amides is 1. The molecular formula is C23H36N4O4. The maximum atomic E-state index is 12.8. The van der Waals surface area contributed by atoms with Crippen molar-refractivity contribution in [3.8, 4) is 0 Å². The molecule has 8 heteroatoms. The van der Waals surface area contributed by atoms with E-state index in [-0.39, 0.29) is 23.1 Å². The average Bonchev–Trinajstić information content (AvgIpc) is 2.85. The molecule has 8 nitrogen and oxygen atoms in total. The summed E-state index contributed by atoms with van der Waals surface area (Å²) in [5, 5.41) is 13.6. The normalized spacial score (nSPS) is 22.5. The first kappa shape index (κ1) is 23.3. The molecule has 0 saturated heterocycles. The first-order valence-corrected chi connectivity index (χ1v) is 11.0. The molecule has 2 aromatic rings. The van der Waals surface area contributed by atoms with Gasteiger partial charge in [0.25, 0.3) is 0 Å². The molecule has 1 fully saturated rings. The van der Waals surface area contributed by atoms with Crippen LogP contribution in [0.1, 0.15) is 72.4 Å². The lowest BCUT2D eigenvalue weighted by Gasteiger charge is -2.33. The van der Waals surface area contributed by atoms with Crippen molar-refractivity contribution >= 4 is 17.3 Å². The van der Waals surface area contributed by atoms with Gasteiger partial charge >= 0.3 is 11.8 Å². The molecule has 3 unspecified atom stereocenters. The summed E-state index contributed by atoms with van der Waals surface area (Å²) in [6.45, 7) is 12.4. The number of nitrogens with zero attached hydrogens (tertiary/aromatic N) is 3. The Morgan fingerprint density at radius 3 is 2.52 bits per heavy atom. The number of aromatic nitrogens is 3. The second-order valence-electron chi connectivity index (χ2n) is 10.9. The van der Waals surface area contributed by atoms with Crippen molar-refractivity contribution in [2.45, 2.75) is 91.0 Å². The van der Waals surface area contributed by atoms with Gasteiger partial charge < -0.3 is 15.2 Å². The predicted molar refractivity (Wildman–Crippen MR) is 120 cm³/mol. The third-order valence-corrected chi connectivity index (χ3v) is 5.55. The molecule has 1 saturated carbocycles. The molecule has 3 rings (SSSR count). The average molecular weight is 433 g/mol. The number of aryl methyl sites for hydroxylation is 1. The van der Waals surface area contributed by atoms with Crippen molar-refractivity contribution in [2.24, 2.45) is 12.5 Å². The van der Waals surface area contributed by atoms with Crippen molar-refractivity contribution < 1.29 is 14.6 Å². The molecule has 2 N–H and O–H groups in total. The van der Waals surface area contributed by atoms with Gasteiger partial charge in [-0.1, -0.05) is 20.8 Å². The molecule has 2 aromatic heterocycles. The smallest absolute Gasteiger partial charge is 0.407 e. The quantitative estimate of drug-likeness (QED) is 0.775. The highest BCUT2D eigenvalue weighted by Crippen LogP contribution is 2.33. The topological polar surface area (TPSA) is 98.4 Å². The summed E-state index contributed by atoms with van der Waals surface area (Å²) in [5.74, 6) is -0.223. The summed E-state index contributed by atoms with van der Waals surface area (Å²) >= 11 is 0. The Bertz CT molecular complexity index is 1010. The molecule has 0 bridgehead atoms. The van der Waals surface area contributed by atoms with Crippen LogP contribution < -0.4 is 11.0 Å². The lowest BCUT2D eigenvalue weighted by molar-refractivity contribution is 0.0435. The Hall–Kier alpha value is -2.35. The summed E-state index contributed by atoms with van der Waals surface area (Å²) in [7, 11) is 1.73. The maximum absolute atomic E-state index is 12.8. The van der Waals surface area contributed by atoms with Crippen LogP contribution in [0.25, 0.3) is 11.2 Å². The Balaban J connectivity index is 1.85. The molecule has 1 aliphatic carbocycles. The monoisotopic (exact) mass is 432 g/mol. The minimum Gasteiger partial charge on any atom is -0.444 e. The van der Waals surface area contributed by atoms with Gasteiger partial charge in [-0.25, -0.2) is 14.6 Å². The van der Waals surface area contributed by atoms with Crippen molar-refractivity contribution in [3.05, 3.63) is 28.3 Å². The number of hydrogen-bond donors (Lipinski definition) is 2. The van der Waals surface area contributed by atoms with E-state index in [1.54, 1.807) is 16.2 Å². The van der Waals surface area contributed by atoms with Crippen LogP contribution in [-0.4, -0.2) is 43.1 Å². The van der Waals surface area contributed by atoms with Gasteiger partial charge in [0.1, 0.15) is 5.60 Å². The fraction of sp³-hybridized carbons (Fsp3) is 0.696. The standard InChI is InChI=1S/C23H36N4O4/c1-22(2,3)13-27-17-10-9-16(25-19(17)26(7)21(27)30)15-12-14(8-11-18(15)28)24-20(29)31-23(4,5)6/h9-10,14-15,18,28H,8,11-13H2,1-7H3,(H,24,29). The zero-order valence-electron chi connectivity index (χ0n) is 19.7. The van der Waals surface area contributed by atoms with Crippen LogP contribution in [0.4, 0.5) is 4.79 Å². The number of aliphatic hydroxyl groups is 1. The predicted octanol–water partition coefficient (Wildman–Crippen LogP) is 3.30. The third-order valence-electron chi connectivity index (χ3n) is 5.55. The Morgan fingerprint density at radius 2 is 1.90 bits per heavy atom. The van der Waals surface area contributed by atoms with Gasteiger partial charge in [-0.3, -0.25) is 9.13 Å². The summed E-state index contributed by atoms with van der Waals surface area (Å²) < 4.78 is 8.69. The number of aliphatic hydroxyl groups excluding tert-OH is 1. The number of nitrogens with one attached hydrogen (secondary N) is 1. The largest absolute Gasteiger partial charge is 0.444 e. The van der Waals surface area contributed by atoms with Crippen LogP contribution >= 0.6 is 0 Å². The molecular weight excluding hydrogens is 396 g/mol. The van der Waals surface area contributed by atoms with Crippen LogP contribution in [0, 0.1) is 5.41 Å². The van der Waals surface area contributed by atoms with E-state index in [2.05, 4.69) is 26.1 Å². The number of carbonyl (C=O) groups excluding carboxylic acids is 1. The Morgan fingerprint density at radius 1 is 1.23 bits per heavy atom. The SMILES string of the molecule is Cn1c(=O)n(CC(C)(C)C)c2ccc(C3CC(NC(=O)OC(C)(C)C)CCC3O)nc21. The van der Waals surface area contributed by atoms with Crippen LogP contribution in [0.15, 0.2) is 16.9 Å². The molecule has 31 heavy (non-hydrogen) atoms. The van der Waals surface area contributed by atoms with Crippen molar-refractivity contribution in [2.75, 3.05) is 0 Å². The molecule has 1 aliphatic rings. The summed E-state index contributed by atoms with van der Waals surface area (Å²) in [5.41, 5.74) is 1.44. The van der Waals surface area contributed by atoms with Crippen molar-refractivity contribution in [3.63, 3.8) is 0 Å². The number of pyridine rings is 1. The minimum absolute atomic E-state index is 0.0447. The van der Waals surface area contributed by atoms with E-state index < -0.39 is 17.8 Å². The number of alkyl carbamates (subject to hydrolysis) is 1. The van der Waals surface area contributed by atoms with E-state index in [9.17, 15) is 14.7 Å². The minimum atomic E-state index is -0.560. The fourth-order valence-corrected chi connectivity index (χ4v) is 4.20. The Labute approximate surface area is 183 Å². The van der Waals surface area contributed by atoms with E-state index in [1.807, 2.05) is 32.9 Å². The van der Waals surface area contributed by atoms with Gasteiger partial charge in [-0.15, -0.1) is 0 Å². The summed E-state index contributed by atoms with van der Waals surface area (Å²) in [6.07, 6.45) is 0.817. The molecule has 0 radical (unpaired) electrons. The van der Waals surface area contributed by atoms with E-state index in [1.165, 1.54) is 0 Å². The molecule has 1 amide bonds. The van der Waals surface area contributed by atoms with Gasteiger partial charge in [0, 0.05) is 31.2 Å². The van der Waals surface area contributed by atoms with Crippen LogP contribution in [0.5, 0.6) is 0 Å². The van der Waals surface area contributed by atoms with Crippen molar-refractivity contribution in [1.82, 2.24) is 19.4 Å². The van der Waals surface area contributed by atoms with Gasteiger partial charge in [-0.05, 0) is 57.6 Å². The highest BCUT2D eigenvalue weighted by molar-refractivity contribution is 5.72. The number of imidazole rings is 1. The highest BCUT2D eigenvalue weighted by atomic mass is 16.6. The van der Waals surface area contributed by atoms with E-state index in [0.29, 0.717) is 31.5 Å². The molecule has 0 spiro atoms.